The summed E-state index contributed by atoms with van der Waals surface area (Å²) in [5.41, 5.74) is 0.344. The zero-order chi connectivity index (χ0) is 13.1. The van der Waals surface area contributed by atoms with Crippen molar-refractivity contribution in [2.75, 3.05) is 26.7 Å². The third-order valence-electron chi connectivity index (χ3n) is 2.96. The van der Waals surface area contributed by atoms with E-state index in [4.69, 9.17) is 11.6 Å². The summed E-state index contributed by atoms with van der Waals surface area (Å²) in [6.07, 6.45) is 3.73. The summed E-state index contributed by atoms with van der Waals surface area (Å²) in [6.45, 7) is 1.32. The Balaban J connectivity index is 2.19. The molecule has 0 unspecified atom stereocenters. The van der Waals surface area contributed by atoms with Gasteiger partial charge in [-0.05, 0) is 12.5 Å². The maximum Gasteiger partial charge on any atom is 0.257 e. The van der Waals surface area contributed by atoms with Crippen molar-refractivity contribution in [2.45, 2.75) is 6.42 Å². The number of aromatic nitrogens is 1. The number of rotatable bonds is 1. The molecule has 0 N–H and O–H groups in total. The number of carbonyl (C=O) groups excluding carboxylic acids is 2. The minimum absolute atomic E-state index is 0.0548. The van der Waals surface area contributed by atoms with Gasteiger partial charge in [-0.3, -0.25) is 14.6 Å². The Morgan fingerprint density at radius 1 is 1.44 bits per heavy atom. The first-order chi connectivity index (χ1) is 8.59. The normalized spacial score (nSPS) is 16.7. The number of hydrogen-bond acceptors (Lipinski definition) is 3. The summed E-state index contributed by atoms with van der Waals surface area (Å²) in [7, 11) is 1.74. The molecule has 0 saturated carbocycles. The fraction of sp³-hybridized carbons (Fsp3) is 0.417. The standard InChI is InChI=1S/C12H14ClN3O2/c1-15-5-2-6-16(8-11(15)17)12(18)9-7-14-4-3-10(9)13/h3-4,7H,2,5-6,8H2,1H3. The van der Waals surface area contributed by atoms with E-state index in [9.17, 15) is 9.59 Å². The van der Waals surface area contributed by atoms with Crippen molar-refractivity contribution in [2.24, 2.45) is 0 Å². The maximum absolute atomic E-state index is 12.3. The molecule has 2 rings (SSSR count). The van der Waals surface area contributed by atoms with Crippen LogP contribution in [0.5, 0.6) is 0 Å². The lowest BCUT2D eigenvalue weighted by molar-refractivity contribution is -0.129. The van der Waals surface area contributed by atoms with Crippen LogP contribution in [0.3, 0.4) is 0 Å². The molecule has 0 spiro atoms. The van der Waals surface area contributed by atoms with Gasteiger partial charge in [-0.1, -0.05) is 11.6 Å². The van der Waals surface area contributed by atoms with Gasteiger partial charge in [0.05, 0.1) is 10.6 Å². The second-order valence-corrected chi connectivity index (χ2v) is 4.66. The van der Waals surface area contributed by atoms with E-state index >= 15 is 0 Å². The van der Waals surface area contributed by atoms with Crippen LogP contribution in [-0.2, 0) is 4.79 Å². The molecule has 18 heavy (non-hydrogen) atoms. The van der Waals surface area contributed by atoms with Gasteiger partial charge in [0.25, 0.3) is 5.91 Å². The van der Waals surface area contributed by atoms with Gasteiger partial charge < -0.3 is 9.80 Å². The van der Waals surface area contributed by atoms with Crippen LogP contribution in [-0.4, -0.2) is 53.3 Å². The molecule has 1 saturated heterocycles. The Morgan fingerprint density at radius 3 is 2.94 bits per heavy atom. The predicted octanol–water partition coefficient (Wildman–Crippen LogP) is 1.04. The van der Waals surface area contributed by atoms with E-state index in [0.29, 0.717) is 23.7 Å². The number of hydrogen-bond donors (Lipinski definition) is 0. The maximum atomic E-state index is 12.3. The van der Waals surface area contributed by atoms with Crippen LogP contribution in [0.2, 0.25) is 5.02 Å². The summed E-state index contributed by atoms with van der Waals surface area (Å²) in [6, 6.07) is 1.57. The monoisotopic (exact) mass is 267 g/mol. The van der Waals surface area contributed by atoms with Crippen LogP contribution < -0.4 is 0 Å². The van der Waals surface area contributed by atoms with E-state index in [2.05, 4.69) is 4.98 Å². The quantitative estimate of drug-likeness (QED) is 0.764. The number of halogens is 1. The average Bonchev–Trinajstić information content (AvgIpc) is 2.52. The molecular weight excluding hydrogens is 254 g/mol. The molecule has 1 aromatic rings. The highest BCUT2D eigenvalue weighted by Gasteiger charge is 2.24. The molecule has 1 aromatic heterocycles. The Hall–Kier alpha value is -1.62. The molecule has 1 aliphatic rings. The van der Waals surface area contributed by atoms with Gasteiger partial charge in [0.2, 0.25) is 5.91 Å². The van der Waals surface area contributed by atoms with E-state index in [1.807, 2.05) is 0 Å². The van der Waals surface area contributed by atoms with Gasteiger partial charge in [0, 0.05) is 32.5 Å². The van der Waals surface area contributed by atoms with Crippen molar-refractivity contribution in [3.05, 3.63) is 29.0 Å². The van der Waals surface area contributed by atoms with Crippen molar-refractivity contribution in [1.82, 2.24) is 14.8 Å². The molecule has 0 aromatic carbocycles. The number of carbonyl (C=O) groups is 2. The van der Waals surface area contributed by atoms with Crippen LogP contribution in [0.4, 0.5) is 0 Å². The molecule has 5 nitrogen and oxygen atoms in total. The summed E-state index contributed by atoms with van der Waals surface area (Å²) in [5, 5.41) is 0.361. The van der Waals surface area contributed by atoms with Crippen LogP contribution in [0, 0.1) is 0 Å². The van der Waals surface area contributed by atoms with Gasteiger partial charge in [0.15, 0.2) is 0 Å². The van der Waals surface area contributed by atoms with Crippen LogP contribution in [0.1, 0.15) is 16.8 Å². The Labute approximate surface area is 110 Å². The van der Waals surface area contributed by atoms with Crippen molar-refractivity contribution < 1.29 is 9.59 Å². The van der Waals surface area contributed by atoms with Gasteiger partial charge in [-0.25, -0.2) is 0 Å². The summed E-state index contributed by atoms with van der Waals surface area (Å²) < 4.78 is 0. The molecule has 0 bridgehead atoms. The first-order valence-corrected chi connectivity index (χ1v) is 6.10. The third-order valence-corrected chi connectivity index (χ3v) is 3.29. The van der Waals surface area contributed by atoms with Gasteiger partial charge in [0.1, 0.15) is 6.54 Å². The molecule has 0 radical (unpaired) electrons. The van der Waals surface area contributed by atoms with E-state index < -0.39 is 0 Å². The molecule has 96 valence electrons. The fourth-order valence-electron chi connectivity index (χ4n) is 1.87. The zero-order valence-corrected chi connectivity index (χ0v) is 10.9. The molecule has 0 aliphatic carbocycles. The lowest BCUT2D eigenvalue weighted by Crippen LogP contribution is -2.38. The highest BCUT2D eigenvalue weighted by atomic mass is 35.5. The smallest absolute Gasteiger partial charge is 0.257 e. The molecular formula is C12H14ClN3O2. The van der Waals surface area contributed by atoms with E-state index in [0.717, 1.165) is 6.42 Å². The summed E-state index contributed by atoms with van der Waals surface area (Å²) in [4.78, 5) is 31.0. The van der Waals surface area contributed by atoms with Crippen molar-refractivity contribution >= 4 is 23.4 Å². The molecule has 6 heteroatoms. The topological polar surface area (TPSA) is 53.5 Å². The van der Waals surface area contributed by atoms with Crippen molar-refractivity contribution in [1.29, 1.82) is 0 Å². The molecule has 1 fully saturated rings. The first kappa shape index (κ1) is 12.8. The van der Waals surface area contributed by atoms with Crippen molar-refractivity contribution in [3.8, 4) is 0 Å². The molecule has 2 heterocycles. The molecule has 1 aliphatic heterocycles. The van der Waals surface area contributed by atoms with E-state index in [1.54, 1.807) is 18.0 Å². The summed E-state index contributed by atoms with van der Waals surface area (Å²) in [5.74, 6) is -0.294. The summed E-state index contributed by atoms with van der Waals surface area (Å²) >= 11 is 5.96. The zero-order valence-electron chi connectivity index (χ0n) is 10.1. The Bertz CT molecular complexity index is 478. The highest BCUT2D eigenvalue weighted by molar-refractivity contribution is 6.33. The Morgan fingerprint density at radius 2 is 2.22 bits per heavy atom. The fourth-order valence-corrected chi connectivity index (χ4v) is 2.05. The van der Waals surface area contributed by atoms with Gasteiger partial charge >= 0.3 is 0 Å². The number of pyridine rings is 1. The first-order valence-electron chi connectivity index (χ1n) is 5.72. The van der Waals surface area contributed by atoms with Crippen LogP contribution >= 0.6 is 11.6 Å². The van der Waals surface area contributed by atoms with Crippen LogP contribution in [0.25, 0.3) is 0 Å². The van der Waals surface area contributed by atoms with E-state index in [1.165, 1.54) is 17.3 Å². The highest BCUT2D eigenvalue weighted by Crippen LogP contribution is 2.17. The SMILES string of the molecule is CN1CCCN(C(=O)c2cnccc2Cl)CC1=O. The number of likely N-dealkylation sites (N-methyl/N-ethyl adjacent to an activating group) is 1. The minimum atomic E-state index is -0.239. The molecule has 2 amide bonds. The average molecular weight is 268 g/mol. The lowest BCUT2D eigenvalue weighted by Gasteiger charge is -2.20. The largest absolute Gasteiger partial charge is 0.344 e. The van der Waals surface area contributed by atoms with Gasteiger partial charge in [-0.2, -0.15) is 0 Å². The minimum Gasteiger partial charge on any atom is -0.344 e. The van der Waals surface area contributed by atoms with E-state index in [-0.39, 0.29) is 18.4 Å². The van der Waals surface area contributed by atoms with Crippen LogP contribution in [0.15, 0.2) is 18.5 Å². The third kappa shape index (κ3) is 2.61. The lowest BCUT2D eigenvalue weighted by atomic mass is 10.2. The second-order valence-electron chi connectivity index (χ2n) is 4.25. The number of amides is 2. The Kier molecular flexibility index (Phi) is 3.81. The van der Waals surface area contributed by atoms with Gasteiger partial charge in [-0.15, -0.1) is 0 Å². The number of nitrogens with zero attached hydrogens (tertiary/aromatic N) is 3. The molecule has 0 atom stereocenters. The second kappa shape index (κ2) is 5.35. The predicted molar refractivity (Wildman–Crippen MR) is 67.4 cm³/mol. The van der Waals surface area contributed by atoms with Crippen molar-refractivity contribution in [3.63, 3.8) is 0 Å².